The number of amides is 1. The third-order valence-corrected chi connectivity index (χ3v) is 8.34. The van der Waals surface area contributed by atoms with E-state index in [0.717, 1.165) is 53.2 Å². The van der Waals surface area contributed by atoms with Crippen molar-refractivity contribution in [2.45, 2.75) is 51.7 Å². The zero-order valence-electron chi connectivity index (χ0n) is 26.2. The molecule has 2 aromatic heterocycles. The van der Waals surface area contributed by atoms with E-state index in [1.54, 1.807) is 19.4 Å². The number of methoxy groups -OCH3 is 1. The summed E-state index contributed by atoms with van der Waals surface area (Å²) in [7, 11) is 1.65. The summed E-state index contributed by atoms with van der Waals surface area (Å²) in [5.41, 5.74) is 5.43. The number of hydrogen-bond acceptors (Lipinski definition) is 6. The minimum absolute atomic E-state index is 0.0000330. The second-order valence-corrected chi connectivity index (χ2v) is 12.6. The number of rotatable bonds is 9. The van der Waals surface area contributed by atoms with Gasteiger partial charge in [0.1, 0.15) is 11.6 Å². The van der Waals surface area contributed by atoms with Gasteiger partial charge < -0.3 is 20.7 Å². The lowest BCUT2D eigenvalue weighted by molar-refractivity contribution is 0.0950. The molecule has 1 saturated heterocycles. The Labute approximate surface area is 263 Å². The zero-order chi connectivity index (χ0) is 31.6. The maximum absolute atomic E-state index is 15.5. The largest absolute Gasteiger partial charge is 0.497 e. The summed E-state index contributed by atoms with van der Waals surface area (Å²) < 4.78 is 22.7. The van der Waals surface area contributed by atoms with E-state index >= 15 is 4.39 Å². The van der Waals surface area contributed by atoms with Crippen LogP contribution in [0.4, 0.5) is 10.2 Å². The first-order valence-electron chi connectivity index (χ1n) is 15.3. The maximum atomic E-state index is 15.5. The Hall–Kier alpha value is -4.76. The number of nitrogens with one attached hydrogen (secondary N) is 3. The van der Waals surface area contributed by atoms with Crippen LogP contribution in [0.1, 0.15) is 54.2 Å². The summed E-state index contributed by atoms with van der Waals surface area (Å²) in [6.07, 6.45) is 2.72. The molecule has 1 aliphatic rings. The number of nitrogens with zero attached hydrogens (tertiary/aromatic N) is 3. The molecule has 8 nitrogen and oxygen atoms in total. The molecule has 3 aromatic carbocycles. The van der Waals surface area contributed by atoms with Crippen LogP contribution >= 0.6 is 0 Å². The van der Waals surface area contributed by atoms with Crippen LogP contribution in [0.3, 0.4) is 0 Å². The maximum Gasteiger partial charge on any atom is 0.251 e. The van der Waals surface area contributed by atoms with Crippen molar-refractivity contribution >= 4 is 22.8 Å². The molecule has 1 atom stereocenters. The number of ether oxygens (including phenoxy) is 1. The summed E-state index contributed by atoms with van der Waals surface area (Å²) in [6, 6.07) is 22.7. The lowest BCUT2D eigenvalue weighted by Crippen LogP contribution is -2.23. The number of fused-ring (bicyclic) bond motifs is 1. The number of carbonyl (C=O) groups is 1. The number of pyridine rings is 1. The Morgan fingerprint density at radius 2 is 1.84 bits per heavy atom. The molecule has 0 aliphatic carbocycles. The van der Waals surface area contributed by atoms with Crippen molar-refractivity contribution in [3.63, 3.8) is 0 Å². The van der Waals surface area contributed by atoms with Gasteiger partial charge in [-0.05, 0) is 77.0 Å². The number of halogens is 1. The van der Waals surface area contributed by atoms with Gasteiger partial charge in [0.05, 0.1) is 19.0 Å². The SMILES string of the molecule is COc1ccc(Cn2nc(NC3CCNC3)c3c(-c4ccc(CNC(=O)c5ccc(C(C)(C)C)cc5)c(F)c4)ccnc32)cc1. The molecule has 6 rings (SSSR count). The predicted molar refractivity (Wildman–Crippen MR) is 176 cm³/mol. The highest BCUT2D eigenvalue weighted by Crippen LogP contribution is 2.34. The van der Waals surface area contributed by atoms with Gasteiger partial charge in [0.2, 0.25) is 0 Å². The quantitative estimate of drug-likeness (QED) is 0.183. The summed E-state index contributed by atoms with van der Waals surface area (Å²) in [4.78, 5) is 17.5. The van der Waals surface area contributed by atoms with Crippen LogP contribution in [0.2, 0.25) is 0 Å². The highest BCUT2D eigenvalue weighted by Gasteiger charge is 2.22. The average Bonchev–Trinajstić information content (AvgIpc) is 3.68. The van der Waals surface area contributed by atoms with E-state index in [1.165, 1.54) is 6.07 Å². The smallest absolute Gasteiger partial charge is 0.251 e. The van der Waals surface area contributed by atoms with E-state index in [4.69, 9.17) is 14.8 Å². The van der Waals surface area contributed by atoms with Crippen LogP contribution in [-0.2, 0) is 18.5 Å². The molecule has 0 spiro atoms. The van der Waals surface area contributed by atoms with E-state index in [1.807, 2.05) is 65.3 Å². The molecule has 3 heterocycles. The number of hydrogen-bond donors (Lipinski definition) is 3. The fraction of sp³-hybridized carbons (Fsp3) is 0.306. The number of carbonyl (C=O) groups excluding carboxylic acids is 1. The second-order valence-electron chi connectivity index (χ2n) is 12.6. The number of anilines is 1. The molecule has 0 saturated carbocycles. The Balaban J connectivity index is 1.26. The van der Waals surface area contributed by atoms with E-state index in [0.29, 0.717) is 28.9 Å². The molecule has 0 radical (unpaired) electrons. The van der Waals surface area contributed by atoms with Gasteiger partial charge >= 0.3 is 0 Å². The predicted octanol–water partition coefficient (Wildman–Crippen LogP) is 6.30. The molecule has 1 unspecified atom stereocenters. The van der Waals surface area contributed by atoms with E-state index in [-0.39, 0.29) is 29.7 Å². The van der Waals surface area contributed by atoms with Gasteiger partial charge in [0, 0.05) is 36.5 Å². The van der Waals surface area contributed by atoms with Crippen molar-refractivity contribution in [2.24, 2.45) is 0 Å². The topological polar surface area (TPSA) is 93.1 Å². The van der Waals surface area contributed by atoms with E-state index < -0.39 is 0 Å². The summed E-state index contributed by atoms with van der Waals surface area (Å²) in [6.45, 7) is 8.78. The van der Waals surface area contributed by atoms with Crippen LogP contribution in [0.5, 0.6) is 5.75 Å². The lowest BCUT2D eigenvalue weighted by atomic mass is 9.87. The van der Waals surface area contributed by atoms with E-state index in [9.17, 15) is 4.79 Å². The standard InChI is InChI=1S/C36H39FN6O2/c1-36(2,3)27-11-9-24(10-12-27)35(44)40-20-26-8-7-25(19-31(26)37)30-16-18-39-34-32(30)33(41-28-15-17-38-21-28)42-43(34)22-23-5-13-29(45-4)14-6-23/h5-14,16,18-19,28,38H,15,17,20-22H2,1-4H3,(H,40,44)(H,41,42). The van der Waals surface area contributed by atoms with Crippen LogP contribution < -0.4 is 20.7 Å². The molecular formula is C36H39FN6O2. The van der Waals surface area contributed by atoms with E-state index in [2.05, 4.69) is 36.7 Å². The first kappa shape index (κ1) is 30.3. The third-order valence-electron chi connectivity index (χ3n) is 8.34. The van der Waals surface area contributed by atoms with Crippen LogP contribution in [0, 0.1) is 5.82 Å². The second kappa shape index (κ2) is 12.7. The van der Waals surface area contributed by atoms with Crippen molar-refractivity contribution in [3.05, 3.63) is 107 Å². The normalized spacial score (nSPS) is 14.9. The molecule has 0 bridgehead atoms. The van der Waals surface area contributed by atoms with Gasteiger partial charge in [-0.25, -0.2) is 14.1 Å². The minimum Gasteiger partial charge on any atom is -0.497 e. The number of aromatic nitrogens is 3. The molecule has 1 fully saturated rings. The third kappa shape index (κ3) is 6.68. The Morgan fingerprint density at radius 1 is 1.07 bits per heavy atom. The highest BCUT2D eigenvalue weighted by molar-refractivity contribution is 6.01. The van der Waals surface area contributed by atoms with Crippen molar-refractivity contribution in [2.75, 3.05) is 25.5 Å². The van der Waals surface area contributed by atoms with Gasteiger partial charge in [-0.2, -0.15) is 5.10 Å². The summed E-state index contributed by atoms with van der Waals surface area (Å²) in [5.74, 6) is 0.891. The average molecular weight is 607 g/mol. The number of benzene rings is 3. The molecule has 9 heteroatoms. The molecule has 1 aliphatic heterocycles. The van der Waals surface area contributed by atoms with Crippen LogP contribution in [0.25, 0.3) is 22.2 Å². The molecule has 45 heavy (non-hydrogen) atoms. The first-order chi connectivity index (χ1) is 21.7. The molecule has 3 N–H and O–H groups in total. The fourth-order valence-corrected chi connectivity index (χ4v) is 5.68. The molecule has 5 aromatic rings. The molecular weight excluding hydrogens is 567 g/mol. The Bertz CT molecular complexity index is 1800. The zero-order valence-corrected chi connectivity index (χ0v) is 26.2. The van der Waals surface area contributed by atoms with Gasteiger partial charge in [-0.1, -0.05) is 57.2 Å². The van der Waals surface area contributed by atoms with Crippen molar-refractivity contribution in [3.8, 4) is 16.9 Å². The van der Waals surface area contributed by atoms with Gasteiger partial charge in [-0.3, -0.25) is 4.79 Å². The first-order valence-corrected chi connectivity index (χ1v) is 15.3. The molecule has 1 amide bonds. The van der Waals surface area contributed by atoms with Gasteiger partial charge in [0.15, 0.2) is 11.5 Å². The van der Waals surface area contributed by atoms with Gasteiger partial charge in [-0.15, -0.1) is 0 Å². The minimum atomic E-state index is -0.388. The Morgan fingerprint density at radius 3 is 2.51 bits per heavy atom. The lowest BCUT2D eigenvalue weighted by Gasteiger charge is -2.19. The van der Waals surface area contributed by atoms with Crippen molar-refractivity contribution in [1.82, 2.24) is 25.4 Å². The van der Waals surface area contributed by atoms with Crippen molar-refractivity contribution < 1.29 is 13.9 Å². The summed E-state index contributed by atoms with van der Waals surface area (Å²) >= 11 is 0. The van der Waals surface area contributed by atoms with Crippen LogP contribution in [0.15, 0.2) is 79.0 Å². The summed E-state index contributed by atoms with van der Waals surface area (Å²) in [5, 5.41) is 15.7. The van der Waals surface area contributed by atoms with Gasteiger partial charge in [0.25, 0.3) is 5.91 Å². The molecule has 232 valence electrons. The Kier molecular flexibility index (Phi) is 8.54. The van der Waals surface area contributed by atoms with Crippen molar-refractivity contribution in [1.29, 1.82) is 0 Å². The fourth-order valence-electron chi connectivity index (χ4n) is 5.68. The van der Waals surface area contributed by atoms with Crippen LogP contribution in [-0.4, -0.2) is 46.9 Å². The highest BCUT2D eigenvalue weighted by atomic mass is 19.1. The monoisotopic (exact) mass is 606 g/mol.